The number of hydrogen-bond acceptors (Lipinski definition) is 7. The van der Waals surface area contributed by atoms with Crippen molar-refractivity contribution < 1.29 is 14.4 Å². The third-order valence-electron chi connectivity index (χ3n) is 4.03. The Morgan fingerprint density at radius 1 is 1.42 bits per heavy atom. The monoisotopic (exact) mass is 350 g/mol. The summed E-state index contributed by atoms with van der Waals surface area (Å²) in [6, 6.07) is 5.61. The van der Waals surface area contributed by atoms with E-state index in [2.05, 4.69) is 20.3 Å². The van der Waals surface area contributed by atoms with Crippen LogP contribution < -0.4 is 5.32 Å². The molecule has 1 aliphatic heterocycles. The van der Waals surface area contributed by atoms with E-state index in [1.807, 2.05) is 17.5 Å². The van der Waals surface area contributed by atoms with E-state index in [1.54, 1.807) is 24.3 Å². The van der Waals surface area contributed by atoms with E-state index in [4.69, 9.17) is 4.52 Å². The topological polar surface area (TPSA) is 81.8 Å². The molecule has 0 saturated carbocycles. The molecule has 1 saturated heterocycles. The number of β-amino-alcohol motifs (C(OH)–C–C–N with tert-alkyl or cyclic N) is 1. The highest BCUT2D eigenvalue weighted by molar-refractivity contribution is 7.10. The Bertz CT molecular complexity index is 650. The van der Waals surface area contributed by atoms with Gasteiger partial charge in [0.25, 0.3) is 0 Å². The van der Waals surface area contributed by atoms with Gasteiger partial charge < -0.3 is 14.9 Å². The third-order valence-corrected chi connectivity index (χ3v) is 5.00. The zero-order valence-electron chi connectivity index (χ0n) is 13.6. The van der Waals surface area contributed by atoms with E-state index >= 15 is 0 Å². The van der Waals surface area contributed by atoms with Gasteiger partial charge in [0, 0.05) is 43.7 Å². The summed E-state index contributed by atoms with van der Waals surface area (Å²) in [5, 5.41) is 18.7. The van der Waals surface area contributed by atoms with Crippen LogP contribution in [0, 0.1) is 6.92 Å². The molecule has 1 fully saturated rings. The molecule has 1 amide bonds. The van der Waals surface area contributed by atoms with Crippen molar-refractivity contribution in [1.82, 2.24) is 15.0 Å². The summed E-state index contributed by atoms with van der Waals surface area (Å²) in [4.78, 5) is 17.4. The number of aliphatic hydroxyl groups is 1. The molecule has 3 rings (SSSR count). The van der Waals surface area contributed by atoms with Gasteiger partial charge in [-0.15, -0.1) is 11.3 Å². The van der Waals surface area contributed by atoms with Crippen LogP contribution in [0.25, 0.3) is 0 Å². The Hall–Kier alpha value is -1.74. The number of aliphatic hydroxyl groups excluding tert-OH is 1. The van der Waals surface area contributed by atoms with Gasteiger partial charge >= 0.3 is 0 Å². The van der Waals surface area contributed by atoms with Crippen molar-refractivity contribution in [1.29, 1.82) is 0 Å². The highest BCUT2D eigenvalue weighted by Gasteiger charge is 2.21. The van der Waals surface area contributed by atoms with Crippen molar-refractivity contribution in [2.45, 2.75) is 13.0 Å². The maximum atomic E-state index is 12.0. The molecule has 130 valence electrons. The zero-order chi connectivity index (χ0) is 16.9. The maximum absolute atomic E-state index is 12.0. The average molecular weight is 350 g/mol. The molecule has 2 aromatic heterocycles. The molecule has 8 heteroatoms. The van der Waals surface area contributed by atoms with Crippen molar-refractivity contribution in [3.8, 4) is 0 Å². The molecule has 1 unspecified atom stereocenters. The van der Waals surface area contributed by atoms with Gasteiger partial charge in [-0.05, 0) is 18.4 Å². The fraction of sp³-hybridized carbons (Fsp3) is 0.500. The summed E-state index contributed by atoms with van der Waals surface area (Å²) >= 11 is 1.58. The maximum Gasteiger partial charge on any atom is 0.239 e. The Morgan fingerprint density at radius 2 is 2.17 bits per heavy atom. The lowest BCUT2D eigenvalue weighted by Crippen LogP contribution is -2.49. The summed E-state index contributed by atoms with van der Waals surface area (Å²) in [5.74, 6) is 1.04. The lowest BCUT2D eigenvalue weighted by atomic mass is 10.2. The number of nitrogens with one attached hydrogen (secondary N) is 1. The van der Waals surface area contributed by atoms with Gasteiger partial charge in [-0.3, -0.25) is 14.6 Å². The minimum absolute atomic E-state index is 0.0876. The number of nitrogens with zero attached hydrogens (tertiary/aromatic N) is 3. The minimum Gasteiger partial charge on any atom is -0.386 e. The largest absolute Gasteiger partial charge is 0.386 e. The van der Waals surface area contributed by atoms with Crippen LogP contribution in [0.5, 0.6) is 0 Å². The van der Waals surface area contributed by atoms with Crippen LogP contribution >= 0.6 is 11.3 Å². The molecule has 2 N–H and O–H groups in total. The van der Waals surface area contributed by atoms with Crippen molar-refractivity contribution in [2.24, 2.45) is 0 Å². The highest BCUT2D eigenvalue weighted by Crippen LogP contribution is 2.20. The summed E-state index contributed by atoms with van der Waals surface area (Å²) in [6.45, 7) is 6.07. The highest BCUT2D eigenvalue weighted by atomic mass is 32.1. The van der Waals surface area contributed by atoms with Crippen LogP contribution in [0.2, 0.25) is 0 Å². The second kappa shape index (κ2) is 7.89. The number of anilines is 1. The standard InChI is InChI=1S/C16H22N4O3S/c1-12-9-15(18-23-12)17-16(22)11-20-6-4-19(5-7-20)10-13(21)14-3-2-8-24-14/h2-3,8-9,13,21H,4-7,10-11H2,1H3,(H,17,18,22). The van der Waals surface area contributed by atoms with Gasteiger partial charge in [0.05, 0.1) is 6.54 Å². The molecule has 0 aliphatic carbocycles. The first-order chi connectivity index (χ1) is 11.6. The normalized spacial score (nSPS) is 17.8. The number of piperazine rings is 1. The van der Waals surface area contributed by atoms with Gasteiger partial charge in [-0.1, -0.05) is 11.2 Å². The van der Waals surface area contributed by atoms with Gasteiger partial charge in [-0.25, -0.2) is 0 Å². The van der Waals surface area contributed by atoms with E-state index in [9.17, 15) is 9.90 Å². The first kappa shape index (κ1) is 17.1. The smallest absolute Gasteiger partial charge is 0.239 e. The number of carbonyl (C=O) groups excluding carboxylic acids is 1. The SMILES string of the molecule is Cc1cc(NC(=O)CN2CCN(CC(O)c3cccs3)CC2)no1. The van der Waals surface area contributed by atoms with Crippen molar-refractivity contribution in [3.05, 3.63) is 34.2 Å². The van der Waals surface area contributed by atoms with Crippen LogP contribution in [0.15, 0.2) is 28.1 Å². The molecule has 0 bridgehead atoms. The molecular weight excluding hydrogens is 328 g/mol. The lowest BCUT2D eigenvalue weighted by Gasteiger charge is -2.35. The Labute approximate surface area is 144 Å². The first-order valence-electron chi connectivity index (χ1n) is 7.99. The number of aryl methyl sites for hydroxylation is 1. The van der Waals surface area contributed by atoms with Crippen LogP contribution in [0.3, 0.4) is 0 Å². The predicted octanol–water partition coefficient (Wildman–Crippen LogP) is 1.33. The molecule has 24 heavy (non-hydrogen) atoms. The van der Waals surface area contributed by atoms with Gasteiger partial charge in [-0.2, -0.15) is 0 Å². The third kappa shape index (κ3) is 4.64. The zero-order valence-corrected chi connectivity index (χ0v) is 14.5. The second-order valence-corrected chi connectivity index (χ2v) is 6.96. The quantitative estimate of drug-likeness (QED) is 0.818. The van der Waals surface area contributed by atoms with Crippen LogP contribution in [-0.4, -0.2) is 65.2 Å². The molecule has 1 atom stereocenters. The number of aromatic nitrogens is 1. The molecular formula is C16H22N4O3S. The minimum atomic E-state index is -0.435. The Morgan fingerprint density at radius 3 is 2.79 bits per heavy atom. The van der Waals surface area contributed by atoms with Crippen LogP contribution in [-0.2, 0) is 4.79 Å². The molecule has 0 aromatic carbocycles. The van der Waals surface area contributed by atoms with Crippen LogP contribution in [0.4, 0.5) is 5.82 Å². The van der Waals surface area contributed by atoms with Crippen molar-refractivity contribution in [2.75, 3.05) is 44.6 Å². The number of carbonyl (C=O) groups is 1. The summed E-state index contributed by atoms with van der Waals surface area (Å²) in [6.07, 6.45) is -0.435. The Balaban J connectivity index is 1.39. The van der Waals surface area contributed by atoms with E-state index in [-0.39, 0.29) is 5.91 Å². The van der Waals surface area contributed by atoms with E-state index < -0.39 is 6.10 Å². The molecule has 0 spiro atoms. The number of hydrogen-bond donors (Lipinski definition) is 2. The molecule has 3 heterocycles. The Kier molecular flexibility index (Phi) is 5.62. The molecule has 1 aliphatic rings. The van der Waals surface area contributed by atoms with Crippen molar-refractivity contribution in [3.63, 3.8) is 0 Å². The van der Waals surface area contributed by atoms with Gasteiger partial charge in [0.2, 0.25) is 5.91 Å². The van der Waals surface area contributed by atoms with Gasteiger partial charge in [0.15, 0.2) is 5.82 Å². The molecule has 7 nitrogen and oxygen atoms in total. The van der Waals surface area contributed by atoms with Crippen LogP contribution in [0.1, 0.15) is 16.7 Å². The lowest BCUT2D eigenvalue weighted by molar-refractivity contribution is -0.117. The van der Waals surface area contributed by atoms with Crippen molar-refractivity contribution >= 4 is 23.1 Å². The summed E-state index contributed by atoms with van der Waals surface area (Å²) in [7, 11) is 0. The fourth-order valence-corrected chi connectivity index (χ4v) is 3.46. The molecule has 2 aromatic rings. The average Bonchev–Trinajstić information content (AvgIpc) is 3.21. The van der Waals surface area contributed by atoms with E-state index in [1.165, 1.54) is 0 Å². The molecule has 0 radical (unpaired) electrons. The first-order valence-corrected chi connectivity index (χ1v) is 8.87. The fourth-order valence-electron chi connectivity index (χ4n) is 2.76. The van der Waals surface area contributed by atoms with Gasteiger partial charge in [0.1, 0.15) is 11.9 Å². The van der Waals surface area contributed by atoms with E-state index in [0.29, 0.717) is 24.7 Å². The number of thiophene rings is 1. The number of amides is 1. The van der Waals surface area contributed by atoms with E-state index in [0.717, 1.165) is 31.1 Å². The second-order valence-electron chi connectivity index (χ2n) is 5.98. The summed E-state index contributed by atoms with van der Waals surface area (Å²) < 4.78 is 4.93. The summed E-state index contributed by atoms with van der Waals surface area (Å²) in [5.41, 5.74) is 0. The predicted molar refractivity (Wildman–Crippen MR) is 92.0 cm³/mol. The number of rotatable bonds is 6.